The molecule has 1 N–H and O–H groups in total. The van der Waals surface area contributed by atoms with Gasteiger partial charge < -0.3 is 5.32 Å². The van der Waals surface area contributed by atoms with E-state index in [1.54, 1.807) is 11.3 Å². The standard InChI is InChI=1S/C12H12BrClN2S/c1-8-7-17-12(16-8)6-15-5-9-2-3-10(13)4-11(9)14/h2-4,7,15H,5-6H2,1H3. The maximum Gasteiger partial charge on any atom is 0.107 e. The van der Waals surface area contributed by atoms with Crippen molar-refractivity contribution in [2.45, 2.75) is 20.0 Å². The normalized spacial score (nSPS) is 10.8. The second kappa shape index (κ2) is 5.96. The number of rotatable bonds is 4. The van der Waals surface area contributed by atoms with Crippen LogP contribution in [-0.2, 0) is 13.1 Å². The predicted octanol–water partition coefficient (Wildman–Crippen LogP) is 4.16. The fraction of sp³-hybridized carbons (Fsp3) is 0.250. The Kier molecular flexibility index (Phi) is 4.56. The second-order valence-electron chi connectivity index (χ2n) is 3.72. The van der Waals surface area contributed by atoms with E-state index in [1.807, 2.05) is 25.1 Å². The molecule has 0 radical (unpaired) electrons. The lowest BCUT2D eigenvalue weighted by Crippen LogP contribution is -2.12. The van der Waals surface area contributed by atoms with Crippen molar-refractivity contribution < 1.29 is 0 Å². The highest BCUT2D eigenvalue weighted by molar-refractivity contribution is 9.10. The van der Waals surface area contributed by atoms with Crippen molar-refractivity contribution in [2.24, 2.45) is 0 Å². The Bertz CT molecular complexity index is 513. The first-order valence-electron chi connectivity index (χ1n) is 5.21. The summed E-state index contributed by atoms with van der Waals surface area (Å²) in [6.45, 7) is 3.54. The Morgan fingerprint density at radius 2 is 2.24 bits per heavy atom. The molecular weight excluding hydrogens is 320 g/mol. The van der Waals surface area contributed by atoms with Gasteiger partial charge in [0, 0.05) is 33.7 Å². The maximum absolute atomic E-state index is 6.13. The Morgan fingerprint density at radius 1 is 1.41 bits per heavy atom. The topological polar surface area (TPSA) is 24.9 Å². The molecule has 0 saturated carbocycles. The summed E-state index contributed by atoms with van der Waals surface area (Å²) in [5, 5.41) is 7.29. The van der Waals surface area contributed by atoms with E-state index in [9.17, 15) is 0 Å². The fourth-order valence-electron chi connectivity index (χ4n) is 1.45. The second-order valence-corrected chi connectivity index (χ2v) is 5.99. The molecular formula is C12H12BrClN2S. The molecule has 0 aliphatic rings. The third-order valence-electron chi connectivity index (χ3n) is 2.27. The number of nitrogens with zero attached hydrogens (tertiary/aromatic N) is 1. The number of hydrogen-bond acceptors (Lipinski definition) is 3. The molecule has 0 spiro atoms. The molecule has 17 heavy (non-hydrogen) atoms. The first kappa shape index (κ1) is 13.0. The van der Waals surface area contributed by atoms with Crippen LogP contribution in [0.25, 0.3) is 0 Å². The van der Waals surface area contributed by atoms with Gasteiger partial charge in [0.2, 0.25) is 0 Å². The van der Waals surface area contributed by atoms with Gasteiger partial charge >= 0.3 is 0 Å². The first-order valence-corrected chi connectivity index (χ1v) is 7.26. The molecule has 0 saturated heterocycles. The van der Waals surface area contributed by atoms with Gasteiger partial charge in [0.15, 0.2) is 0 Å². The number of aromatic nitrogens is 1. The van der Waals surface area contributed by atoms with E-state index in [2.05, 4.69) is 31.6 Å². The van der Waals surface area contributed by atoms with E-state index >= 15 is 0 Å². The molecule has 0 aliphatic carbocycles. The van der Waals surface area contributed by atoms with E-state index in [-0.39, 0.29) is 0 Å². The Hall–Kier alpha value is -0.420. The minimum atomic E-state index is 0.755. The summed E-state index contributed by atoms with van der Waals surface area (Å²) < 4.78 is 1.00. The number of hydrogen-bond donors (Lipinski definition) is 1. The van der Waals surface area contributed by atoms with Gasteiger partial charge in [-0.1, -0.05) is 33.6 Å². The van der Waals surface area contributed by atoms with Crippen molar-refractivity contribution in [1.82, 2.24) is 10.3 Å². The average Bonchev–Trinajstić information content (AvgIpc) is 2.68. The number of benzene rings is 1. The smallest absolute Gasteiger partial charge is 0.107 e. The summed E-state index contributed by atoms with van der Waals surface area (Å²) >= 11 is 11.2. The molecule has 0 aliphatic heterocycles. The molecule has 1 heterocycles. The largest absolute Gasteiger partial charge is 0.306 e. The molecule has 2 rings (SSSR count). The minimum Gasteiger partial charge on any atom is -0.306 e. The average molecular weight is 332 g/mol. The lowest BCUT2D eigenvalue weighted by Gasteiger charge is -2.05. The van der Waals surface area contributed by atoms with Crippen LogP contribution in [0.1, 0.15) is 16.3 Å². The molecule has 0 amide bonds. The summed E-state index contributed by atoms with van der Waals surface area (Å²) in [6.07, 6.45) is 0. The van der Waals surface area contributed by atoms with Crippen molar-refractivity contribution in [2.75, 3.05) is 0 Å². The lowest BCUT2D eigenvalue weighted by molar-refractivity contribution is 0.689. The number of aryl methyl sites for hydroxylation is 1. The van der Waals surface area contributed by atoms with Crippen LogP contribution in [0.15, 0.2) is 28.1 Å². The van der Waals surface area contributed by atoms with Crippen LogP contribution >= 0.6 is 38.9 Å². The van der Waals surface area contributed by atoms with E-state index in [4.69, 9.17) is 11.6 Å². The van der Waals surface area contributed by atoms with E-state index < -0.39 is 0 Å². The quantitative estimate of drug-likeness (QED) is 0.910. The van der Waals surface area contributed by atoms with E-state index in [0.29, 0.717) is 0 Å². The zero-order valence-corrected chi connectivity index (χ0v) is 12.5. The summed E-state index contributed by atoms with van der Waals surface area (Å²) in [6, 6.07) is 5.93. The van der Waals surface area contributed by atoms with Crippen molar-refractivity contribution in [3.8, 4) is 0 Å². The van der Waals surface area contributed by atoms with Gasteiger partial charge in [-0.15, -0.1) is 11.3 Å². The van der Waals surface area contributed by atoms with Gasteiger partial charge in [-0.3, -0.25) is 0 Å². The highest BCUT2D eigenvalue weighted by Crippen LogP contribution is 2.21. The van der Waals surface area contributed by atoms with Crippen molar-refractivity contribution in [3.63, 3.8) is 0 Å². The van der Waals surface area contributed by atoms with Crippen molar-refractivity contribution >= 4 is 38.9 Å². The summed E-state index contributed by atoms with van der Waals surface area (Å²) in [5.41, 5.74) is 2.18. The van der Waals surface area contributed by atoms with Crippen molar-refractivity contribution in [3.05, 3.63) is 49.3 Å². The molecule has 1 aromatic heterocycles. The van der Waals surface area contributed by atoms with Crippen LogP contribution in [0.5, 0.6) is 0 Å². The molecule has 1 aromatic carbocycles. The van der Waals surface area contributed by atoms with Crippen molar-refractivity contribution in [1.29, 1.82) is 0 Å². The van der Waals surface area contributed by atoms with Crippen LogP contribution in [0.4, 0.5) is 0 Å². The molecule has 2 nitrogen and oxygen atoms in total. The van der Waals surface area contributed by atoms with Gasteiger partial charge in [-0.25, -0.2) is 4.98 Å². The molecule has 5 heteroatoms. The van der Waals surface area contributed by atoms with Gasteiger partial charge in [-0.05, 0) is 24.6 Å². The SMILES string of the molecule is Cc1csc(CNCc2ccc(Br)cc2Cl)n1. The van der Waals surface area contributed by atoms with E-state index in [0.717, 1.165) is 38.8 Å². The molecule has 90 valence electrons. The summed E-state index contributed by atoms with van der Waals surface area (Å²) in [5.74, 6) is 0. The number of halogens is 2. The third kappa shape index (κ3) is 3.78. The lowest BCUT2D eigenvalue weighted by atomic mass is 10.2. The first-order chi connectivity index (χ1) is 8.15. The molecule has 0 fully saturated rings. The van der Waals surface area contributed by atoms with Gasteiger partial charge in [-0.2, -0.15) is 0 Å². The summed E-state index contributed by atoms with van der Waals surface area (Å²) in [4.78, 5) is 4.39. The van der Waals surface area contributed by atoms with Crippen LogP contribution in [-0.4, -0.2) is 4.98 Å². The molecule has 2 aromatic rings. The zero-order chi connectivity index (χ0) is 12.3. The van der Waals surface area contributed by atoms with Crippen LogP contribution < -0.4 is 5.32 Å². The maximum atomic E-state index is 6.13. The monoisotopic (exact) mass is 330 g/mol. The van der Waals surface area contributed by atoms with Crippen LogP contribution in [0.3, 0.4) is 0 Å². The highest BCUT2D eigenvalue weighted by Gasteiger charge is 2.02. The number of thiazole rings is 1. The van der Waals surface area contributed by atoms with Crippen LogP contribution in [0.2, 0.25) is 5.02 Å². The molecule has 0 atom stereocenters. The molecule has 0 unspecified atom stereocenters. The Morgan fingerprint density at radius 3 is 2.88 bits per heavy atom. The summed E-state index contributed by atoms with van der Waals surface area (Å²) in [7, 11) is 0. The predicted molar refractivity (Wildman–Crippen MR) is 76.5 cm³/mol. The van der Waals surface area contributed by atoms with Gasteiger partial charge in [0.05, 0.1) is 0 Å². The van der Waals surface area contributed by atoms with Gasteiger partial charge in [0.1, 0.15) is 5.01 Å². The minimum absolute atomic E-state index is 0.755. The third-order valence-corrected chi connectivity index (χ3v) is 4.09. The number of nitrogens with one attached hydrogen (secondary N) is 1. The Labute approximate surface area is 118 Å². The zero-order valence-electron chi connectivity index (χ0n) is 9.34. The van der Waals surface area contributed by atoms with Gasteiger partial charge in [0.25, 0.3) is 0 Å². The van der Waals surface area contributed by atoms with Crippen LogP contribution in [0, 0.1) is 6.92 Å². The fourth-order valence-corrected chi connectivity index (χ4v) is 2.93. The van der Waals surface area contributed by atoms with E-state index in [1.165, 1.54) is 0 Å². The Balaban J connectivity index is 1.90. The molecule has 0 bridgehead atoms. The highest BCUT2D eigenvalue weighted by atomic mass is 79.9.